The molecule has 1 aromatic carbocycles. The third-order valence-electron chi connectivity index (χ3n) is 6.58. The van der Waals surface area contributed by atoms with Crippen LogP contribution in [0.2, 0.25) is 0 Å². The maximum Gasteiger partial charge on any atom is 0.343 e. The number of aromatic nitrogens is 2. The van der Waals surface area contributed by atoms with Gasteiger partial charge in [-0.15, -0.1) is 11.3 Å². The highest BCUT2D eigenvalue weighted by atomic mass is 32.1. The van der Waals surface area contributed by atoms with Gasteiger partial charge in [0, 0.05) is 49.3 Å². The quantitative estimate of drug-likeness (QED) is 0.335. The molecule has 3 heterocycles. The molecule has 0 fully saturated rings. The summed E-state index contributed by atoms with van der Waals surface area (Å²) in [6, 6.07) is 5.46. The summed E-state index contributed by atoms with van der Waals surface area (Å²) < 4.78 is 17.9. The van der Waals surface area contributed by atoms with Gasteiger partial charge in [-0.05, 0) is 36.5 Å². The van der Waals surface area contributed by atoms with Gasteiger partial charge in [-0.25, -0.2) is 9.78 Å². The van der Waals surface area contributed by atoms with Crippen LogP contribution >= 0.6 is 11.3 Å². The van der Waals surface area contributed by atoms with Gasteiger partial charge in [0.05, 0.1) is 30.9 Å². The first-order valence-corrected chi connectivity index (χ1v) is 13.3. The summed E-state index contributed by atoms with van der Waals surface area (Å²) in [5, 5.41) is 3.14. The number of ether oxygens (including phenoxy) is 3. The number of pyridine rings is 1. The van der Waals surface area contributed by atoms with Gasteiger partial charge in [0.2, 0.25) is 0 Å². The minimum absolute atomic E-state index is 0.0244. The highest BCUT2D eigenvalue weighted by Crippen LogP contribution is 2.46. The van der Waals surface area contributed by atoms with E-state index in [-0.39, 0.29) is 35.0 Å². The molecule has 0 spiro atoms. The smallest absolute Gasteiger partial charge is 0.343 e. The number of esters is 1. The second-order valence-electron chi connectivity index (χ2n) is 10.1. The van der Waals surface area contributed by atoms with Crippen molar-refractivity contribution < 1.29 is 23.8 Å². The van der Waals surface area contributed by atoms with E-state index in [0.29, 0.717) is 30.3 Å². The molecule has 4 rings (SSSR count). The zero-order chi connectivity index (χ0) is 27.6. The number of hydrogen-bond donors (Lipinski definition) is 1. The lowest BCUT2D eigenvalue weighted by molar-refractivity contribution is 0.0523. The molecule has 2 aromatic heterocycles. The van der Waals surface area contributed by atoms with Crippen LogP contribution in [0.15, 0.2) is 35.4 Å². The Morgan fingerprint density at radius 1 is 1.18 bits per heavy atom. The van der Waals surface area contributed by atoms with Gasteiger partial charge >= 0.3 is 5.97 Å². The molecule has 38 heavy (non-hydrogen) atoms. The lowest BCUT2D eigenvalue weighted by Gasteiger charge is -2.39. The molecule has 0 bridgehead atoms. The van der Waals surface area contributed by atoms with E-state index in [2.05, 4.69) is 37.1 Å². The summed E-state index contributed by atoms with van der Waals surface area (Å²) in [4.78, 5) is 43.1. The Bertz CT molecular complexity index is 1420. The molecule has 10 heteroatoms. The van der Waals surface area contributed by atoms with Crippen molar-refractivity contribution in [3.05, 3.63) is 57.0 Å². The van der Waals surface area contributed by atoms with Crippen LogP contribution in [0.3, 0.4) is 0 Å². The Morgan fingerprint density at radius 2 is 1.95 bits per heavy atom. The first-order chi connectivity index (χ1) is 18.1. The van der Waals surface area contributed by atoms with E-state index >= 15 is 0 Å². The molecular formula is C28H33N3O6S. The normalized spacial score (nSPS) is 14.4. The number of fused-ring (bicyclic) bond motifs is 3. The number of hydrogen-bond acceptors (Lipinski definition) is 8. The summed E-state index contributed by atoms with van der Waals surface area (Å²) >= 11 is 1.29. The third-order valence-corrected chi connectivity index (χ3v) is 7.61. The van der Waals surface area contributed by atoms with Gasteiger partial charge in [0.15, 0.2) is 10.4 Å². The van der Waals surface area contributed by atoms with Crippen LogP contribution in [-0.2, 0) is 15.9 Å². The minimum atomic E-state index is -0.619. The fourth-order valence-corrected chi connectivity index (χ4v) is 5.51. The van der Waals surface area contributed by atoms with Gasteiger partial charge < -0.3 is 24.1 Å². The van der Waals surface area contributed by atoms with Gasteiger partial charge in [-0.2, -0.15) is 0 Å². The molecule has 1 aliphatic rings. The number of rotatable bonds is 8. The molecule has 1 aliphatic heterocycles. The van der Waals surface area contributed by atoms with E-state index in [1.54, 1.807) is 33.5 Å². The van der Waals surface area contributed by atoms with Crippen molar-refractivity contribution >= 4 is 23.2 Å². The highest BCUT2D eigenvalue weighted by molar-refractivity contribution is 7.17. The molecule has 0 saturated heterocycles. The molecule has 3 aromatic rings. The number of carbonyl (C=O) groups excluding carboxylic acids is 2. The predicted octanol–water partition coefficient (Wildman–Crippen LogP) is 4.34. The maximum atomic E-state index is 13.0. The molecule has 1 N–H and O–H groups in total. The molecular weight excluding hydrogens is 506 g/mol. The predicted molar refractivity (Wildman–Crippen MR) is 146 cm³/mol. The molecule has 202 valence electrons. The van der Waals surface area contributed by atoms with E-state index in [4.69, 9.17) is 14.2 Å². The number of amides is 1. The number of methoxy groups -OCH3 is 2. The summed E-state index contributed by atoms with van der Waals surface area (Å²) in [6.07, 6.45) is 3.98. The van der Waals surface area contributed by atoms with Crippen molar-refractivity contribution in [1.82, 2.24) is 14.9 Å². The Morgan fingerprint density at radius 3 is 2.61 bits per heavy atom. The fraction of sp³-hybridized carbons (Fsp3) is 0.429. The second-order valence-corrected chi connectivity index (χ2v) is 11.2. The van der Waals surface area contributed by atoms with Crippen LogP contribution in [0.5, 0.6) is 5.75 Å². The van der Waals surface area contributed by atoms with Gasteiger partial charge in [-0.3, -0.25) is 9.59 Å². The van der Waals surface area contributed by atoms with Gasteiger partial charge in [0.1, 0.15) is 11.3 Å². The molecule has 0 radical (unpaired) electrons. The van der Waals surface area contributed by atoms with E-state index in [1.165, 1.54) is 17.4 Å². The Hall–Kier alpha value is -3.50. The van der Waals surface area contributed by atoms with Crippen LogP contribution in [0, 0.1) is 5.41 Å². The Balaban J connectivity index is 1.81. The number of nitrogens with zero attached hydrogens (tertiary/aromatic N) is 2. The Kier molecular flexibility index (Phi) is 8.03. The molecule has 1 unspecified atom stereocenters. The lowest BCUT2D eigenvalue weighted by Crippen LogP contribution is -2.33. The standard InChI is InChI=1S/C28H33N3O6S/c1-7-37-27(34)19-15-31-20(13-21(19)32)17-12-22(36-6)18(10-16(17)11-24(31)28(2,3)4)23-14-30-26(38-23)25(33)29-8-9-35-5/h10,12-15,24H,7-9,11H2,1-6H3,(H,29,33). The van der Waals surface area contributed by atoms with Crippen LogP contribution in [0.1, 0.15) is 59.5 Å². The van der Waals surface area contributed by atoms with E-state index < -0.39 is 5.97 Å². The van der Waals surface area contributed by atoms with Crippen molar-refractivity contribution in [2.24, 2.45) is 5.41 Å². The van der Waals surface area contributed by atoms with Crippen molar-refractivity contribution in [2.75, 3.05) is 34.0 Å². The molecule has 0 saturated carbocycles. The second kappa shape index (κ2) is 11.1. The first-order valence-electron chi connectivity index (χ1n) is 12.5. The third kappa shape index (κ3) is 5.37. The number of carbonyl (C=O) groups is 2. The summed E-state index contributed by atoms with van der Waals surface area (Å²) in [5.74, 6) is -0.276. The van der Waals surface area contributed by atoms with Crippen molar-refractivity contribution in [2.45, 2.75) is 40.2 Å². The minimum Gasteiger partial charge on any atom is -0.496 e. The van der Waals surface area contributed by atoms with Crippen LogP contribution in [-0.4, -0.2) is 55.4 Å². The number of thiazole rings is 1. The van der Waals surface area contributed by atoms with E-state index in [1.807, 2.05) is 10.6 Å². The zero-order valence-corrected chi connectivity index (χ0v) is 23.4. The largest absolute Gasteiger partial charge is 0.496 e. The molecule has 1 amide bonds. The van der Waals surface area contributed by atoms with Crippen LogP contribution in [0.25, 0.3) is 21.7 Å². The summed E-state index contributed by atoms with van der Waals surface area (Å²) in [5.41, 5.74) is 2.92. The van der Waals surface area contributed by atoms with Crippen LogP contribution < -0.4 is 15.5 Å². The van der Waals surface area contributed by atoms with Crippen molar-refractivity contribution in [3.63, 3.8) is 0 Å². The van der Waals surface area contributed by atoms with Gasteiger partial charge in [-0.1, -0.05) is 20.8 Å². The molecule has 9 nitrogen and oxygen atoms in total. The SMILES string of the molecule is CCOC(=O)c1cn2c(cc1=O)-c1cc(OC)c(-c3cnc(C(=O)NCCOC)s3)cc1CC2C(C)(C)C. The average Bonchev–Trinajstić information content (AvgIpc) is 3.37. The fourth-order valence-electron chi connectivity index (χ4n) is 4.65. The Labute approximate surface area is 225 Å². The van der Waals surface area contributed by atoms with Crippen molar-refractivity contribution in [1.29, 1.82) is 0 Å². The maximum absolute atomic E-state index is 13.0. The van der Waals surface area contributed by atoms with Crippen molar-refractivity contribution in [3.8, 4) is 27.4 Å². The zero-order valence-electron chi connectivity index (χ0n) is 22.5. The summed E-state index contributed by atoms with van der Waals surface area (Å²) in [7, 11) is 3.16. The topological polar surface area (TPSA) is 109 Å². The number of benzene rings is 1. The first kappa shape index (κ1) is 27.5. The van der Waals surface area contributed by atoms with E-state index in [0.717, 1.165) is 27.3 Å². The lowest BCUT2D eigenvalue weighted by atomic mass is 9.78. The van der Waals surface area contributed by atoms with Gasteiger partial charge in [0.25, 0.3) is 5.91 Å². The van der Waals surface area contributed by atoms with E-state index in [9.17, 15) is 14.4 Å². The highest BCUT2D eigenvalue weighted by Gasteiger charge is 2.34. The molecule has 1 atom stereocenters. The monoisotopic (exact) mass is 539 g/mol. The average molecular weight is 540 g/mol. The summed E-state index contributed by atoms with van der Waals surface area (Å²) in [6.45, 7) is 9.14. The molecule has 0 aliphatic carbocycles. The van der Waals surface area contributed by atoms with Crippen LogP contribution in [0.4, 0.5) is 0 Å². The number of nitrogens with one attached hydrogen (secondary N) is 1.